The van der Waals surface area contributed by atoms with Gasteiger partial charge in [-0.1, -0.05) is 38.8 Å². The Labute approximate surface area is 104 Å². The summed E-state index contributed by atoms with van der Waals surface area (Å²) in [5.41, 5.74) is 1.55. The number of nitriles is 1. The molecule has 0 radical (unpaired) electrons. The third kappa shape index (κ3) is 3.29. The van der Waals surface area contributed by atoms with E-state index in [1.165, 1.54) is 12.8 Å². The van der Waals surface area contributed by atoms with Crippen LogP contribution < -0.4 is 0 Å². The highest BCUT2D eigenvalue weighted by Crippen LogP contribution is 2.25. The Morgan fingerprint density at radius 2 is 1.94 bits per heavy atom. The smallest absolute Gasteiger partial charge is 0.186 e. The van der Waals surface area contributed by atoms with Crippen LogP contribution in [0.1, 0.15) is 70.2 Å². The molecule has 0 saturated carbocycles. The van der Waals surface area contributed by atoms with Crippen LogP contribution in [0.15, 0.2) is 0 Å². The van der Waals surface area contributed by atoms with Crippen molar-refractivity contribution in [3.05, 3.63) is 11.4 Å². The van der Waals surface area contributed by atoms with Gasteiger partial charge in [0.1, 0.15) is 6.07 Å². The maximum atomic E-state index is 9.08. The summed E-state index contributed by atoms with van der Waals surface area (Å²) in [5.74, 6) is 0.404. The first-order valence-corrected chi connectivity index (χ1v) is 6.61. The summed E-state index contributed by atoms with van der Waals surface area (Å²) < 4.78 is 1.94. The Morgan fingerprint density at radius 3 is 2.47 bits per heavy atom. The average molecular weight is 234 g/mol. The minimum Gasteiger partial charge on any atom is -0.248 e. The second kappa shape index (κ2) is 7.05. The molecule has 0 saturated heterocycles. The predicted molar refractivity (Wildman–Crippen MR) is 67.6 cm³/mol. The molecule has 1 aromatic rings. The fraction of sp³-hybridized carbons (Fsp3) is 0.769. The average Bonchev–Trinajstić information content (AvgIpc) is 2.75. The van der Waals surface area contributed by atoms with Gasteiger partial charge >= 0.3 is 0 Å². The van der Waals surface area contributed by atoms with E-state index in [1.807, 2.05) is 4.68 Å². The van der Waals surface area contributed by atoms with Crippen LogP contribution >= 0.6 is 0 Å². The van der Waals surface area contributed by atoms with Crippen molar-refractivity contribution in [1.82, 2.24) is 15.0 Å². The molecule has 4 heteroatoms. The summed E-state index contributed by atoms with van der Waals surface area (Å²) in [7, 11) is 0. The third-order valence-corrected chi connectivity index (χ3v) is 3.23. The third-order valence-electron chi connectivity index (χ3n) is 3.23. The second-order valence-electron chi connectivity index (χ2n) is 4.38. The number of nitrogens with zero attached hydrogens (tertiary/aromatic N) is 4. The Morgan fingerprint density at radius 1 is 1.24 bits per heavy atom. The van der Waals surface area contributed by atoms with E-state index in [4.69, 9.17) is 5.26 Å². The van der Waals surface area contributed by atoms with Crippen LogP contribution in [0.5, 0.6) is 0 Å². The van der Waals surface area contributed by atoms with Crippen LogP contribution in [-0.2, 0) is 6.54 Å². The molecule has 0 fully saturated rings. The van der Waals surface area contributed by atoms with Gasteiger partial charge in [-0.2, -0.15) is 5.26 Å². The first-order valence-electron chi connectivity index (χ1n) is 6.61. The standard InChI is InChI=1S/C13H22N4/c1-4-7-8-9-17-13(11(5-2)6-3)12(10-14)15-16-17/h11H,4-9H2,1-3H3. The minimum atomic E-state index is 0.404. The maximum absolute atomic E-state index is 9.08. The zero-order chi connectivity index (χ0) is 12.7. The number of rotatable bonds is 7. The largest absolute Gasteiger partial charge is 0.248 e. The van der Waals surface area contributed by atoms with E-state index < -0.39 is 0 Å². The summed E-state index contributed by atoms with van der Waals surface area (Å²) in [6.07, 6.45) is 5.57. The molecule has 0 unspecified atom stereocenters. The molecule has 0 N–H and O–H groups in total. The van der Waals surface area contributed by atoms with Gasteiger partial charge in [0.2, 0.25) is 0 Å². The molecule has 0 atom stereocenters. The summed E-state index contributed by atoms with van der Waals surface area (Å²) in [6.45, 7) is 7.37. The highest BCUT2D eigenvalue weighted by atomic mass is 15.4. The molecule has 0 amide bonds. The van der Waals surface area contributed by atoms with Crippen LogP contribution in [0, 0.1) is 11.3 Å². The first-order chi connectivity index (χ1) is 8.28. The molecule has 1 aromatic heterocycles. The van der Waals surface area contributed by atoms with Gasteiger partial charge < -0.3 is 0 Å². The quantitative estimate of drug-likeness (QED) is 0.680. The molecule has 94 valence electrons. The van der Waals surface area contributed by atoms with Gasteiger partial charge in [-0.15, -0.1) is 5.10 Å². The highest BCUT2D eigenvalue weighted by Gasteiger charge is 2.19. The Hall–Kier alpha value is -1.37. The van der Waals surface area contributed by atoms with Crippen LogP contribution in [0.3, 0.4) is 0 Å². The van der Waals surface area contributed by atoms with Gasteiger partial charge in [-0.25, -0.2) is 4.68 Å². The number of aromatic nitrogens is 3. The van der Waals surface area contributed by atoms with E-state index in [0.29, 0.717) is 11.6 Å². The summed E-state index contributed by atoms with van der Waals surface area (Å²) in [6, 6.07) is 2.16. The van der Waals surface area contributed by atoms with E-state index in [1.54, 1.807) is 0 Å². The van der Waals surface area contributed by atoms with E-state index in [9.17, 15) is 0 Å². The maximum Gasteiger partial charge on any atom is 0.186 e. The van der Waals surface area contributed by atoms with Crippen molar-refractivity contribution in [1.29, 1.82) is 5.26 Å². The summed E-state index contributed by atoms with van der Waals surface area (Å²) in [5, 5.41) is 17.2. The topological polar surface area (TPSA) is 54.5 Å². The van der Waals surface area contributed by atoms with Crippen LogP contribution in [-0.4, -0.2) is 15.0 Å². The zero-order valence-electron chi connectivity index (χ0n) is 11.1. The fourth-order valence-electron chi connectivity index (χ4n) is 2.16. The number of hydrogen-bond acceptors (Lipinski definition) is 3. The molecule has 17 heavy (non-hydrogen) atoms. The first kappa shape index (κ1) is 13.7. The monoisotopic (exact) mass is 234 g/mol. The van der Waals surface area contributed by atoms with Crippen LogP contribution in [0.4, 0.5) is 0 Å². The van der Waals surface area contributed by atoms with Gasteiger partial charge in [0.15, 0.2) is 5.69 Å². The molecule has 1 rings (SSSR count). The van der Waals surface area contributed by atoms with Gasteiger partial charge in [-0.3, -0.25) is 0 Å². The van der Waals surface area contributed by atoms with Crippen LogP contribution in [0.25, 0.3) is 0 Å². The number of hydrogen-bond donors (Lipinski definition) is 0. The lowest BCUT2D eigenvalue weighted by Gasteiger charge is -2.14. The lowest BCUT2D eigenvalue weighted by molar-refractivity contribution is 0.487. The summed E-state index contributed by atoms with van der Waals surface area (Å²) >= 11 is 0. The Kier molecular flexibility index (Phi) is 5.68. The number of unbranched alkanes of at least 4 members (excludes halogenated alkanes) is 2. The van der Waals surface area contributed by atoms with Crippen molar-refractivity contribution in [2.24, 2.45) is 0 Å². The van der Waals surface area contributed by atoms with Crippen molar-refractivity contribution in [2.45, 2.75) is 65.3 Å². The molecular weight excluding hydrogens is 212 g/mol. The zero-order valence-corrected chi connectivity index (χ0v) is 11.1. The SMILES string of the molecule is CCCCCn1nnc(C#N)c1C(CC)CC. The fourth-order valence-corrected chi connectivity index (χ4v) is 2.16. The van der Waals surface area contributed by atoms with Crippen molar-refractivity contribution in [3.63, 3.8) is 0 Å². The molecule has 0 aliphatic carbocycles. The molecule has 4 nitrogen and oxygen atoms in total. The van der Waals surface area contributed by atoms with E-state index in [-0.39, 0.29) is 0 Å². The summed E-state index contributed by atoms with van der Waals surface area (Å²) in [4.78, 5) is 0. The van der Waals surface area contributed by atoms with Gasteiger partial charge in [0, 0.05) is 12.5 Å². The van der Waals surface area contributed by atoms with E-state index >= 15 is 0 Å². The molecule has 0 aromatic carbocycles. The molecule has 0 spiro atoms. The molecule has 0 aliphatic heterocycles. The van der Waals surface area contributed by atoms with Crippen molar-refractivity contribution in [3.8, 4) is 6.07 Å². The van der Waals surface area contributed by atoms with Crippen molar-refractivity contribution >= 4 is 0 Å². The second-order valence-corrected chi connectivity index (χ2v) is 4.38. The molecular formula is C13H22N4. The lowest BCUT2D eigenvalue weighted by atomic mass is 9.97. The Balaban J connectivity index is 2.89. The predicted octanol–water partition coefficient (Wildman–Crippen LogP) is 3.24. The normalized spacial score (nSPS) is 10.8. The van der Waals surface area contributed by atoms with Crippen molar-refractivity contribution < 1.29 is 0 Å². The van der Waals surface area contributed by atoms with E-state index in [2.05, 4.69) is 37.2 Å². The Bertz CT molecular complexity index is 371. The van der Waals surface area contributed by atoms with E-state index in [0.717, 1.165) is 31.5 Å². The van der Waals surface area contributed by atoms with Gasteiger partial charge in [0.05, 0.1) is 5.69 Å². The lowest BCUT2D eigenvalue weighted by Crippen LogP contribution is -2.10. The van der Waals surface area contributed by atoms with Crippen molar-refractivity contribution in [2.75, 3.05) is 0 Å². The number of aryl methyl sites for hydroxylation is 1. The minimum absolute atomic E-state index is 0.404. The molecule has 0 bridgehead atoms. The van der Waals surface area contributed by atoms with Gasteiger partial charge in [-0.05, 0) is 19.3 Å². The molecule has 0 aliphatic rings. The molecule has 1 heterocycles. The van der Waals surface area contributed by atoms with Gasteiger partial charge in [0.25, 0.3) is 0 Å². The highest BCUT2D eigenvalue weighted by molar-refractivity contribution is 5.27. The van der Waals surface area contributed by atoms with Crippen LogP contribution in [0.2, 0.25) is 0 Å².